The quantitative estimate of drug-likeness (QED) is 0.378. The molecule has 0 aromatic heterocycles. The van der Waals surface area contributed by atoms with Crippen molar-refractivity contribution >= 4 is 22.7 Å². The second-order valence-electron chi connectivity index (χ2n) is 6.34. The molecule has 0 saturated heterocycles. The third-order valence-corrected chi connectivity index (χ3v) is 3.53. The first-order valence-electron chi connectivity index (χ1n) is 10.2. The van der Waals surface area contributed by atoms with E-state index in [4.69, 9.17) is 10.2 Å². The van der Waals surface area contributed by atoms with Crippen LogP contribution in [-0.4, -0.2) is 35.0 Å². The smallest absolute Gasteiger partial charge is 0.875 e. The molecule has 0 radical (unpaired) electrons. The molecule has 0 unspecified atom stereocenters. The van der Waals surface area contributed by atoms with Crippen LogP contribution in [0.15, 0.2) is 72.2 Å². The summed E-state index contributed by atoms with van der Waals surface area (Å²) in [5.41, 5.74) is 1.95. The number of aliphatic hydroxyl groups excluding tert-OH is 2. The summed E-state index contributed by atoms with van der Waals surface area (Å²) in [5, 5.41) is 37.4. The first-order valence-corrected chi connectivity index (χ1v) is 10.2. The van der Waals surface area contributed by atoms with Crippen molar-refractivity contribution in [3.05, 3.63) is 83.3 Å². The van der Waals surface area contributed by atoms with Crippen LogP contribution in [0.3, 0.4) is 0 Å². The van der Waals surface area contributed by atoms with Gasteiger partial charge in [-0.3, -0.25) is 9.59 Å². The van der Waals surface area contributed by atoms with E-state index in [0.717, 1.165) is 0 Å². The van der Waals surface area contributed by atoms with Crippen molar-refractivity contribution in [1.29, 1.82) is 0 Å². The van der Waals surface area contributed by atoms with Gasteiger partial charge in [0.25, 0.3) is 0 Å². The number of Topliss-reactive ketones (excluding diaryl/α,β-unsaturated/α-hetero) is 2. The van der Waals surface area contributed by atoms with Crippen LogP contribution >= 0.6 is 0 Å². The van der Waals surface area contributed by atoms with Gasteiger partial charge in [-0.1, -0.05) is 74.5 Å². The summed E-state index contributed by atoms with van der Waals surface area (Å²) in [6.45, 7) is 9.49. The van der Waals surface area contributed by atoms with E-state index in [1.165, 1.54) is 27.7 Å². The largest absolute Gasteiger partial charge is 2.00 e. The van der Waals surface area contributed by atoms with Gasteiger partial charge in [-0.05, 0) is 38.8 Å². The molecule has 0 aliphatic heterocycles. The molecule has 0 aliphatic carbocycles. The number of allylic oxidation sites excluding steroid dienone is 4. The van der Waals surface area contributed by atoms with E-state index in [1.807, 2.05) is 12.1 Å². The van der Waals surface area contributed by atoms with Gasteiger partial charge in [0.2, 0.25) is 0 Å². The topological polar surface area (TPSA) is 121 Å². The molecular formula is C26H34NiO6. The Hall–Kier alpha value is -2.73. The zero-order valence-electron chi connectivity index (χ0n) is 20.0. The summed E-state index contributed by atoms with van der Waals surface area (Å²) >= 11 is 0. The number of carbonyl (C=O) groups excluding carboxylic acids is 2. The van der Waals surface area contributed by atoms with E-state index in [1.54, 1.807) is 62.4 Å². The molecule has 2 rings (SSSR count). The van der Waals surface area contributed by atoms with Gasteiger partial charge in [0.15, 0.2) is 11.6 Å². The van der Waals surface area contributed by atoms with Crippen molar-refractivity contribution in [1.82, 2.24) is 0 Å². The van der Waals surface area contributed by atoms with Crippen LogP contribution in [0, 0.1) is 0 Å². The minimum Gasteiger partial charge on any atom is -0.875 e. The number of rotatable bonds is 4. The van der Waals surface area contributed by atoms with Crippen LogP contribution < -0.4 is 10.2 Å². The molecule has 0 heterocycles. The number of carbonyl (C=O) groups is 2. The minimum atomic E-state index is -0.182. The second-order valence-corrected chi connectivity index (χ2v) is 6.34. The van der Waals surface area contributed by atoms with Crippen LogP contribution in [-0.2, 0) is 26.1 Å². The summed E-state index contributed by atoms with van der Waals surface area (Å²) in [4.78, 5) is 22.3. The molecule has 0 amide bonds. The molecule has 0 spiro atoms. The molecule has 0 aliphatic rings. The van der Waals surface area contributed by atoms with Crippen molar-refractivity contribution in [3.8, 4) is 0 Å². The zero-order valence-corrected chi connectivity index (χ0v) is 21.0. The average Bonchev–Trinajstić information content (AvgIpc) is 2.70. The summed E-state index contributed by atoms with van der Waals surface area (Å²) in [6, 6.07) is 18.0. The Balaban J connectivity index is -0.000000430. The van der Waals surface area contributed by atoms with Crippen molar-refractivity contribution in [2.45, 2.75) is 41.5 Å². The Labute approximate surface area is 207 Å². The third-order valence-electron chi connectivity index (χ3n) is 3.53. The average molecular weight is 501 g/mol. The number of ketones is 2. The summed E-state index contributed by atoms with van der Waals surface area (Å²) in [5.74, 6) is -0.727. The summed E-state index contributed by atoms with van der Waals surface area (Å²) < 4.78 is 0. The van der Waals surface area contributed by atoms with E-state index in [-0.39, 0.29) is 63.9 Å². The molecule has 0 bridgehead atoms. The molecule has 7 heteroatoms. The molecule has 2 aromatic rings. The van der Waals surface area contributed by atoms with Crippen molar-refractivity contribution in [2.75, 3.05) is 13.2 Å². The molecule has 2 N–H and O–H groups in total. The van der Waals surface area contributed by atoms with E-state index in [0.29, 0.717) is 11.1 Å². The van der Waals surface area contributed by atoms with Crippen LogP contribution in [0.25, 0.3) is 11.1 Å². The zero-order chi connectivity index (χ0) is 25.1. The first-order chi connectivity index (χ1) is 15.1. The van der Waals surface area contributed by atoms with Gasteiger partial charge in [0, 0.05) is 24.4 Å². The van der Waals surface area contributed by atoms with Crippen LogP contribution in [0.5, 0.6) is 0 Å². The van der Waals surface area contributed by atoms with Crippen LogP contribution in [0.2, 0.25) is 0 Å². The SMILES string of the molecule is CC(=O)/C(=C(/C)[O-])c1ccccc1.CC(=O)/C(=C(/C)[O-])c1ccccc1.CCO.CCO.[Ni+2]. The van der Waals surface area contributed by atoms with E-state index < -0.39 is 0 Å². The normalized spacial score (nSPS) is 10.7. The van der Waals surface area contributed by atoms with Gasteiger partial charge in [-0.2, -0.15) is 0 Å². The van der Waals surface area contributed by atoms with Crippen molar-refractivity contribution < 1.29 is 46.5 Å². The predicted molar refractivity (Wildman–Crippen MR) is 125 cm³/mol. The van der Waals surface area contributed by atoms with Crippen molar-refractivity contribution in [2.24, 2.45) is 0 Å². The Morgan fingerprint density at radius 2 is 0.848 bits per heavy atom. The second kappa shape index (κ2) is 21.1. The predicted octanol–water partition coefficient (Wildman–Crippen LogP) is 2.73. The molecule has 33 heavy (non-hydrogen) atoms. The van der Waals surface area contributed by atoms with Gasteiger partial charge in [-0.25, -0.2) is 0 Å². The summed E-state index contributed by atoms with van der Waals surface area (Å²) in [7, 11) is 0. The minimum absolute atomic E-state index is 0. The van der Waals surface area contributed by atoms with Crippen LogP contribution in [0.1, 0.15) is 52.7 Å². The maximum Gasteiger partial charge on any atom is 2.00 e. The van der Waals surface area contributed by atoms with E-state index in [9.17, 15) is 19.8 Å². The maximum absolute atomic E-state index is 11.1. The van der Waals surface area contributed by atoms with E-state index >= 15 is 0 Å². The fourth-order valence-electron chi connectivity index (χ4n) is 2.52. The third kappa shape index (κ3) is 15.7. The number of hydrogen-bond acceptors (Lipinski definition) is 6. The molecule has 0 fully saturated rings. The van der Waals surface area contributed by atoms with Gasteiger partial charge in [0.05, 0.1) is 0 Å². The molecular weight excluding hydrogens is 467 g/mol. The van der Waals surface area contributed by atoms with Gasteiger partial charge < -0.3 is 20.4 Å². The fourth-order valence-corrected chi connectivity index (χ4v) is 2.52. The van der Waals surface area contributed by atoms with E-state index in [2.05, 4.69) is 0 Å². The Kier molecular flexibility index (Phi) is 22.3. The Morgan fingerprint density at radius 1 is 0.636 bits per heavy atom. The van der Waals surface area contributed by atoms with Gasteiger partial charge in [0.1, 0.15) is 0 Å². The molecule has 2 aromatic carbocycles. The molecule has 184 valence electrons. The number of aliphatic hydroxyl groups is 2. The fraction of sp³-hybridized carbons (Fsp3) is 0.308. The van der Waals surface area contributed by atoms with Crippen molar-refractivity contribution in [3.63, 3.8) is 0 Å². The molecule has 0 atom stereocenters. The number of hydrogen-bond donors (Lipinski definition) is 2. The Morgan fingerprint density at radius 3 is 1.00 bits per heavy atom. The maximum atomic E-state index is 11.1. The summed E-state index contributed by atoms with van der Waals surface area (Å²) in [6.07, 6.45) is 0. The van der Waals surface area contributed by atoms with Gasteiger partial charge >= 0.3 is 16.5 Å². The number of benzene rings is 2. The van der Waals surface area contributed by atoms with Crippen LogP contribution in [0.4, 0.5) is 0 Å². The van der Waals surface area contributed by atoms with Gasteiger partial charge in [-0.15, -0.1) is 11.5 Å². The first kappa shape index (κ1) is 34.9. The standard InChI is InChI=1S/2C11H12O2.2C2H6O.Ni/c2*1-8(12)11(9(2)13)10-6-4-3-5-7-10;2*1-2-3;/h2*3-7,12H,1-2H3;2*3H,2H2,1H3;/q;;;;+2/p-2/b2*11-8+;;;. The molecule has 0 saturated carbocycles. The Bertz CT molecular complexity index is 777. The monoisotopic (exact) mass is 500 g/mol. The molecule has 6 nitrogen and oxygen atoms in total.